The van der Waals surface area contributed by atoms with E-state index in [1.54, 1.807) is 18.2 Å². The minimum absolute atomic E-state index is 0.0370. The summed E-state index contributed by atoms with van der Waals surface area (Å²) in [5.41, 5.74) is 0.479. The van der Waals surface area contributed by atoms with E-state index in [0.717, 1.165) is 0 Å². The first kappa shape index (κ1) is 7.47. The lowest BCUT2D eigenvalue weighted by atomic mass is 10.2. The molecular weight excluding hydrogens is 142 g/mol. The Hall–Kier alpha value is -1.64. The van der Waals surface area contributed by atoms with E-state index < -0.39 is 4.92 Å². The van der Waals surface area contributed by atoms with E-state index in [0.29, 0.717) is 5.56 Å². The zero-order valence-electron chi connectivity index (χ0n) is 5.73. The van der Waals surface area contributed by atoms with Crippen molar-refractivity contribution in [1.82, 2.24) is 0 Å². The van der Waals surface area contributed by atoms with Crippen LogP contribution in [0.25, 0.3) is 6.08 Å². The number of hydrogen-bond donors (Lipinski definition) is 0. The molecule has 0 unspecified atom stereocenters. The highest BCUT2D eigenvalue weighted by atomic mass is 16.6. The summed E-state index contributed by atoms with van der Waals surface area (Å²) >= 11 is 0. The van der Waals surface area contributed by atoms with E-state index in [1.165, 1.54) is 12.1 Å². The molecule has 0 N–H and O–H groups in total. The third-order valence-corrected chi connectivity index (χ3v) is 1.31. The van der Waals surface area contributed by atoms with E-state index in [4.69, 9.17) is 6.58 Å². The first-order valence-corrected chi connectivity index (χ1v) is 3.04. The summed E-state index contributed by atoms with van der Waals surface area (Å²) in [7, 11) is 0. The van der Waals surface area contributed by atoms with Gasteiger partial charge in [-0.25, -0.2) is 0 Å². The number of rotatable bonds is 2. The summed E-state index contributed by atoms with van der Waals surface area (Å²) in [4.78, 5) is 9.85. The molecule has 0 aliphatic carbocycles. The van der Waals surface area contributed by atoms with E-state index >= 15 is 0 Å². The van der Waals surface area contributed by atoms with Crippen LogP contribution in [0.5, 0.6) is 0 Å². The van der Waals surface area contributed by atoms with Crippen molar-refractivity contribution in [2.24, 2.45) is 0 Å². The Bertz CT molecular complexity index is 294. The lowest BCUT2D eigenvalue weighted by Crippen LogP contribution is -1.89. The number of benzene rings is 1. The summed E-state index contributed by atoms with van der Waals surface area (Å²) in [6, 6.07) is 6.31. The summed E-state index contributed by atoms with van der Waals surface area (Å²) in [5, 5.41) is 10.3. The fraction of sp³-hybridized carbons (Fsp3) is 0. The van der Waals surface area contributed by atoms with Gasteiger partial charge in [-0.05, 0) is 12.1 Å². The molecule has 0 heterocycles. The summed E-state index contributed by atoms with van der Waals surface area (Å²) in [5.74, 6) is 0. The molecule has 11 heavy (non-hydrogen) atoms. The zero-order chi connectivity index (χ0) is 8.27. The number of nitro benzene ring substituents is 1. The lowest BCUT2D eigenvalue weighted by Gasteiger charge is -1.93. The monoisotopic (exact) mass is 148 g/mol. The Morgan fingerprint density at radius 2 is 2.09 bits per heavy atom. The molecule has 0 aliphatic rings. The normalized spacial score (nSPS) is 9.09. The van der Waals surface area contributed by atoms with Gasteiger partial charge in [0.15, 0.2) is 0 Å². The van der Waals surface area contributed by atoms with Crippen LogP contribution >= 0.6 is 0 Å². The van der Waals surface area contributed by atoms with Crippen LogP contribution in [0.1, 0.15) is 5.56 Å². The minimum Gasteiger partial charge on any atom is -0.258 e. The molecule has 0 fully saturated rings. The van der Waals surface area contributed by atoms with Crippen LogP contribution in [0.15, 0.2) is 24.3 Å². The Kier molecular flexibility index (Phi) is 2.01. The number of hydrogen-bond acceptors (Lipinski definition) is 2. The molecule has 1 aromatic carbocycles. The maximum Gasteiger partial charge on any atom is 0.276 e. The van der Waals surface area contributed by atoms with E-state index in [2.05, 4.69) is 0 Å². The van der Waals surface area contributed by atoms with Gasteiger partial charge in [-0.2, -0.15) is 0 Å². The third kappa shape index (κ3) is 1.43. The van der Waals surface area contributed by atoms with Crippen molar-refractivity contribution in [2.75, 3.05) is 0 Å². The fourth-order valence-corrected chi connectivity index (χ4v) is 0.795. The van der Waals surface area contributed by atoms with Crippen LogP contribution < -0.4 is 0 Å². The Morgan fingerprint density at radius 1 is 1.45 bits per heavy atom. The van der Waals surface area contributed by atoms with Gasteiger partial charge in [0.05, 0.1) is 10.5 Å². The molecule has 0 aliphatic heterocycles. The quantitative estimate of drug-likeness (QED) is 0.475. The standard InChI is InChI=1S/C8H6NO2/c1-2-7-5-3-4-6-8(7)9(10)11/h1-6H. The van der Waals surface area contributed by atoms with Crippen LogP contribution in [0.4, 0.5) is 5.69 Å². The smallest absolute Gasteiger partial charge is 0.258 e. The van der Waals surface area contributed by atoms with Crippen molar-refractivity contribution >= 4 is 11.8 Å². The van der Waals surface area contributed by atoms with E-state index in [9.17, 15) is 10.1 Å². The molecule has 1 aromatic rings. The highest BCUT2D eigenvalue weighted by Crippen LogP contribution is 2.17. The molecule has 55 valence electrons. The number of nitro groups is 1. The molecule has 0 amide bonds. The molecule has 3 heteroatoms. The van der Waals surface area contributed by atoms with Crippen LogP contribution in [-0.4, -0.2) is 4.92 Å². The van der Waals surface area contributed by atoms with Gasteiger partial charge in [0.25, 0.3) is 5.69 Å². The highest BCUT2D eigenvalue weighted by Gasteiger charge is 2.07. The fourth-order valence-electron chi connectivity index (χ4n) is 0.795. The second kappa shape index (κ2) is 2.96. The molecule has 0 saturated carbocycles. The van der Waals surface area contributed by atoms with Crippen LogP contribution in [0, 0.1) is 16.7 Å². The van der Waals surface area contributed by atoms with Gasteiger partial charge in [0.1, 0.15) is 0 Å². The van der Waals surface area contributed by atoms with Gasteiger partial charge < -0.3 is 0 Å². The van der Waals surface area contributed by atoms with Crippen molar-refractivity contribution in [3.8, 4) is 0 Å². The Morgan fingerprint density at radius 3 is 2.55 bits per heavy atom. The molecule has 0 bridgehead atoms. The average molecular weight is 148 g/mol. The maximum absolute atomic E-state index is 10.3. The SMILES string of the molecule is [CH]=Cc1ccccc1[N+](=O)[O-]. The largest absolute Gasteiger partial charge is 0.276 e. The lowest BCUT2D eigenvalue weighted by molar-refractivity contribution is -0.385. The topological polar surface area (TPSA) is 43.1 Å². The van der Waals surface area contributed by atoms with Crippen molar-refractivity contribution in [3.63, 3.8) is 0 Å². The van der Waals surface area contributed by atoms with Gasteiger partial charge in [-0.3, -0.25) is 10.1 Å². The van der Waals surface area contributed by atoms with Gasteiger partial charge in [-0.1, -0.05) is 18.7 Å². The molecule has 0 saturated heterocycles. The second-order valence-corrected chi connectivity index (χ2v) is 1.98. The van der Waals surface area contributed by atoms with Gasteiger partial charge in [0.2, 0.25) is 0 Å². The van der Waals surface area contributed by atoms with Crippen molar-refractivity contribution in [1.29, 1.82) is 0 Å². The number of nitrogens with zero attached hydrogens (tertiary/aromatic N) is 1. The molecule has 0 spiro atoms. The predicted molar refractivity (Wildman–Crippen MR) is 41.9 cm³/mol. The van der Waals surface area contributed by atoms with Gasteiger partial charge in [-0.15, -0.1) is 0 Å². The van der Waals surface area contributed by atoms with Crippen LogP contribution in [0.3, 0.4) is 0 Å². The predicted octanol–water partition coefficient (Wildman–Crippen LogP) is 2.04. The van der Waals surface area contributed by atoms with Crippen molar-refractivity contribution in [3.05, 3.63) is 46.5 Å². The van der Waals surface area contributed by atoms with E-state index in [1.807, 2.05) is 0 Å². The molecule has 0 aromatic heterocycles. The van der Waals surface area contributed by atoms with E-state index in [-0.39, 0.29) is 5.69 Å². The first-order valence-electron chi connectivity index (χ1n) is 3.04. The van der Waals surface area contributed by atoms with Crippen molar-refractivity contribution in [2.45, 2.75) is 0 Å². The first-order chi connectivity index (χ1) is 5.25. The summed E-state index contributed by atoms with van der Waals surface area (Å²) in [6.45, 7) is 5.16. The van der Waals surface area contributed by atoms with Gasteiger partial charge in [0, 0.05) is 6.07 Å². The minimum atomic E-state index is -0.460. The molecule has 1 rings (SSSR count). The van der Waals surface area contributed by atoms with Crippen LogP contribution in [-0.2, 0) is 0 Å². The second-order valence-electron chi connectivity index (χ2n) is 1.98. The van der Waals surface area contributed by atoms with Gasteiger partial charge >= 0.3 is 0 Å². The highest BCUT2D eigenvalue weighted by molar-refractivity contribution is 5.58. The zero-order valence-corrected chi connectivity index (χ0v) is 5.73. The molecular formula is C8H6NO2. The maximum atomic E-state index is 10.3. The summed E-state index contributed by atoms with van der Waals surface area (Å²) in [6.07, 6.45) is 1.22. The summed E-state index contributed by atoms with van der Waals surface area (Å²) < 4.78 is 0. The molecule has 3 nitrogen and oxygen atoms in total. The van der Waals surface area contributed by atoms with Crippen molar-refractivity contribution < 1.29 is 4.92 Å². The van der Waals surface area contributed by atoms with Crippen LogP contribution in [0.2, 0.25) is 0 Å². The molecule has 1 radical (unpaired) electrons. The number of para-hydroxylation sites is 1. The average Bonchev–Trinajstić information content (AvgIpc) is 2.04. The molecule has 0 atom stereocenters. The third-order valence-electron chi connectivity index (χ3n) is 1.31. The Balaban J connectivity index is 3.22. The Labute approximate surface area is 64.1 Å².